The number of morpholine rings is 1. The fourth-order valence-electron chi connectivity index (χ4n) is 3.06. The molecule has 1 N–H and O–H groups in total. The van der Waals surface area contributed by atoms with Gasteiger partial charge in [-0.15, -0.1) is 0 Å². The van der Waals surface area contributed by atoms with Crippen LogP contribution in [0.1, 0.15) is 24.5 Å². The quantitative estimate of drug-likeness (QED) is 0.878. The number of hydrogen-bond acceptors (Lipinski definition) is 4. The average Bonchev–Trinajstić information content (AvgIpc) is 3.01. The molecule has 5 nitrogen and oxygen atoms in total. The first-order chi connectivity index (χ1) is 9.42. The van der Waals surface area contributed by atoms with Gasteiger partial charge in [-0.05, 0) is 32.0 Å². The molecule has 0 bridgehead atoms. The molecule has 0 atom stereocenters. The van der Waals surface area contributed by atoms with Crippen LogP contribution in [0.15, 0.2) is 12.3 Å². The van der Waals surface area contributed by atoms with Crippen LogP contribution in [-0.2, 0) is 4.74 Å². The van der Waals surface area contributed by atoms with E-state index < -0.39 is 0 Å². The highest BCUT2D eigenvalue weighted by Gasteiger charge is 2.22. The molecule has 0 unspecified atom stereocenters. The Morgan fingerprint density at radius 3 is 2.42 bits per heavy atom. The molecule has 0 spiro atoms. The molecule has 2 aliphatic heterocycles. The minimum absolute atomic E-state index is 0.658. The lowest BCUT2D eigenvalue weighted by Crippen LogP contribution is -2.43. The molecule has 0 amide bonds. The van der Waals surface area contributed by atoms with E-state index in [0.717, 1.165) is 26.3 Å². The van der Waals surface area contributed by atoms with Gasteiger partial charge in [-0.1, -0.05) is 0 Å². The number of aromatic nitrogens is 2. The molecule has 0 radical (unpaired) electrons. The molecule has 3 rings (SSSR count). The van der Waals surface area contributed by atoms with Crippen molar-refractivity contribution in [3.05, 3.63) is 18.0 Å². The highest BCUT2D eigenvalue weighted by atomic mass is 16.5. The largest absolute Gasteiger partial charge is 0.379 e. The summed E-state index contributed by atoms with van der Waals surface area (Å²) in [7, 11) is 0. The molecule has 2 aliphatic rings. The molecule has 3 heterocycles. The summed E-state index contributed by atoms with van der Waals surface area (Å²) >= 11 is 0. The predicted octanol–water partition coefficient (Wildman–Crippen LogP) is 0.921. The van der Waals surface area contributed by atoms with Crippen molar-refractivity contribution in [1.29, 1.82) is 0 Å². The summed E-state index contributed by atoms with van der Waals surface area (Å²) < 4.78 is 5.38. The molecular formula is C14H24N4O. The molecule has 2 saturated heterocycles. The second kappa shape index (κ2) is 6.50. The minimum Gasteiger partial charge on any atom is -0.379 e. The molecule has 19 heavy (non-hydrogen) atoms. The van der Waals surface area contributed by atoms with Gasteiger partial charge < -0.3 is 9.64 Å². The number of nitrogens with zero attached hydrogens (tertiary/aromatic N) is 3. The molecule has 0 aliphatic carbocycles. The number of H-pyrrole nitrogens is 1. The predicted molar refractivity (Wildman–Crippen MR) is 74.3 cm³/mol. The Labute approximate surface area is 114 Å². The Bertz CT molecular complexity index is 354. The number of aromatic amines is 1. The van der Waals surface area contributed by atoms with Crippen molar-refractivity contribution in [1.82, 2.24) is 20.0 Å². The summed E-state index contributed by atoms with van der Waals surface area (Å²) in [5, 5.41) is 7.24. The number of likely N-dealkylation sites (tertiary alicyclic amines) is 1. The molecule has 106 valence electrons. The van der Waals surface area contributed by atoms with Gasteiger partial charge in [-0.2, -0.15) is 5.10 Å². The number of ether oxygens (including phenoxy) is 1. The van der Waals surface area contributed by atoms with Crippen molar-refractivity contribution in [2.75, 3.05) is 52.5 Å². The van der Waals surface area contributed by atoms with Gasteiger partial charge >= 0.3 is 0 Å². The minimum atomic E-state index is 0.658. The molecule has 2 fully saturated rings. The van der Waals surface area contributed by atoms with E-state index in [0.29, 0.717) is 5.92 Å². The first-order valence-corrected chi connectivity index (χ1v) is 7.44. The first-order valence-electron chi connectivity index (χ1n) is 7.44. The Balaban J connectivity index is 1.38. The van der Waals surface area contributed by atoms with E-state index in [1.807, 2.05) is 6.20 Å². The Morgan fingerprint density at radius 1 is 1.11 bits per heavy atom. The van der Waals surface area contributed by atoms with Gasteiger partial charge in [0, 0.05) is 38.3 Å². The summed E-state index contributed by atoms with van der Waals surface area (Å²) in [5.41, 5.74) is 1.24. The zero-order chi connectivity index (χ0) is 12.9. The third kappa shape index (κ3) is 3.55. The number of nitrogens with one attached hydrogen (secondary N) is 1. The van der Waals surface area contributed by atoms with Crippen LogP contribution in [0.5, 0.6) is 0 Å². The van der Waals surface area contributed by atoms with Crippen molar-refractivity contribution >= 4 is 0 Å². The Kier molecular flexibility index (Phi) is 4.48. The molecule has 1 aromatic rings. The van der Waals surface area contributed by atoms with E-state index in [-0.39, 0.29) is 0 Å². The molecule has 1 aromatic heterocycles. The number of hydrogen-bond donors (Lipinski definition) is 1. The Morgan fingerprint density at radius 2 is 1.79 bits per heavy atom. The van der Waals surface area contributed by atoms with Gasteiger partial charge in [0.15, 0.2) is 0 Å². The molecule has 0 aromatic carbocycles. The highest BCUT2D eigenvalue weighted by molar-refractivity contribution is 5.06. The van der Waals surface area contributed by atoms with Gasteiger partial charge in [-0.3, -0.25) is 10.00 Å². The van der Waals surface area contributed by atoms with E-state index in [2.05, 4.69) is 26.1 Å². The van der Waals surface area contributed by atoms with Crippen LogP contribution < -0.4 is 0 Å². The summed E-state index contributed by atoms with van der Waals surface area (Å²) in [4.78, 5) is 5.11. The SMILES string of the molecule is c1cc(C2CCN(CCN3CCOCC3)CC2)n[nH]1. The lowest BCUT2D eigenvalue weighted by atomic mass is 9.94. The van der Waals surface area contributed by atoms with Crippen molar-refractivity contribution < 1.29 is 4.74 Å². The summed E-state index contributed by atoms with van der Waals surface area (Å²) in [5.74, 6) is 0.658. The highest BCUT2D eigenvalue weighted by Crippen LogP contribution is 2.25. The molecule has 5 heteroatoms. The van der Waals surface area contributed by atoms with Crippen molar-refractivity contribution in [3.8, 4) is 0 Å². The smallest absolute Gasteiger partial charge is 0.0653 e. The maximum absolute atomic E-state index is 5.38. The molecular weight excluding hydrogens is 240 g/mol. The topological polar surface area (TPSA) is 44.4 Å². The van der Waals surface area contributed by atoms with Gasteiger partial charge in [0.1, 0.15) is 0 Å². The number of rotatable bonds is 4. The maximum Gasteiger partial charge on any atom is 0.0653 e. The third-order valence-corrected chi connectivity index (χ3v) is 4.36. The van der Waals surface area contributed by atoms with Crippen LogP contribution in [0.4, 0.5) is 0 Å². The maximum atomic E-state index is 5.38. The summed E-state index contributed by atoms with van der Waals surface area (Å²) in [6.45, 7) is 8.82. The van der Waals surface area contributed by atoms with Gasteiger partial charge in [-0.25, -0.2) is 0 Å². The fourth-order valence-corrected chi connectivity index (χ4v) is 3.06. The van der Waals surface area contributed by atoms with Crippen molar-refractivity contribution in [2.24, 2.45) is 0 Å². The fraction of sp³-hybridized carbons (Fsp3) is 0.786. The van der Waals surface area contributed by atoms with Crippen LogP contribution in [0.25, 0.3) is 0 Å². The van der Waals surface area contributed by atoms with Crippen LogP contribution in [0.3, 0.4) is 0 Å². The van der Waals surface area contributed by atoms with Gasteiger partial charge in [0.05, 0.1) is 18.9 Å². The summed E-state index contributed by atoms with van der Waals surface area (Å²) in [6, 6.07) is 2.12. The summed E-state index contributed by atoms with van der Waals surface area (Å²) in [6.07, 6.45) is 4.42. The zero-order valence-electron chi connectivity index (χ0n) is 11.6. The van der Waals surface area contributed by atoms with Gasteiger partial charge in [0.2, 0.25) is 0 Å². The normalized spacial score (nSPS) is 23.8. The van der Waals surface area contributed by atoms with Crippen molar-refractivity contribution in [3.63, 3.8) is 0 Å². The third-order valence-electron chi connectivity index (χ3n) is 4.36. The van der Waals surface area contributed by atoms with Crippen LogP contribution >= 0.6 is 0 Å². The van der Waals surface area contributed by atoms with E-state index in [9.17, 15) is 0 Å². The van der Waals surface area contributed by atoms with Crippen LogP contribution in [0, 0.1) is 0 Å². The van der Waals surface area contributed by atoms with Crippen molar-refractivity contribution in [2.45, 2.75) is 18.8 Å². The van der Waals surface area contributed by atoms with E-state index in [4.69, 9.17) is 4.74 Å². The van der Waals surface area contributed by atoms with Crippen LogP contribution in [-0.4, -0.2) is 72.5 Å². The van der Waals surface area contributed by atoms with E-state index in [1.54, 1.807) is 0 Å². The number of piperidine rings is 1. The Hall–Kier alpha value is -0.910. The lowest BCUT2D eigenvalue weighted by Gasteiger charge is -2.34. The average molecular weight is 264 g/mol. The van der Waals surface area contributed by atoms with Gasteiger partial charge in [0.25, 0.3) is 0 Å². The first kappa shape index (κ1) is 13.1. The second-order valence-electron chi connectivity index (χ2n) is 5.57. The monoisotopic (exact) mass is 264 g/mol. The lowest BCUT2D eigenvalue weighted by molar-refractivity contribution is 0.0320. The van der Waals surface area contributed by atoms with E-state index in [1.165, 1.54) is 44.7 Å². The standard InChI is InChI=1S/C14H24N4O/c1-4-15-16-14(1)13-2-5-17(6-3-13)7-8-18-9-11-19-12-10-18/h1,4,13H,2-3,5-12H2,(H,15,16). The molecule has 0 saturated carbocycles. The second-order valence-corrected chi connectivity index (χ2v) is 5.57. The van der Waals surface area contributed by atoms with Crippen LogP contribution in [0.2, 0.25) is 0 Å². The zero-order valence-corrected chi connectivity index (χ0v) is 11.6. The van der Waals surface area contributed by atoms with E-state index >= 15 is 0 Å².